The molecular formula is C14H10BrN3O5S. The first-order chi connectivity index (χ1) is 11.3. The number of halogens is 1. The monoisotopic (exact) mass is 411 g/mol. The lowest BCUT2D eigenvalue weighted by Gasteiger charge is -2.03. The van der Waals surface area contributed by atoms with E-state index in [-0.39, 0.29) is 22.4 Å². The van der Waals surface area contributed by atoms with E-state index in [1.165, 1.54) is 24.3 Å². The lowest BCUT2D eigenvalue weighted by Crippen LogP contribution is -2.13. The first kappa shape index (κ1) is 16.4. The highest BCUT2D eigenvalue weighted by Gasteiger charge is 2.16. The van der Waals surface area contributed by atoms with Gasteiger partial charge in [-0.1, -0.05) is 11.2 Å². The van der Waals surface area contributed by atoms with Crippen molar-refractivity contribution in [1.82, 2.24) is 10.2 Å². The lowest BCUT2D eigenvalue weighted by molar-refractivity contribution is 0.102. The molecule has 0 aliphatic carbocycles. The number of nitrogens with one attached hydrogen (secondary N) is 1. The maximum Gasteiger partial charge on any atom is 0.322 e. The Morgan fingerprint density at radius 2 is 1.96 bits per heavy atom. The molecule has 1 N–H and O–H groups in total. The van der Waals surface area contributed by atoms with E-state index in [9.17, 15) is 13.2 Å². The van der Waals surface area contributed by atoms with Crippen LogP contribution in [0.1, 0.15) is 10.4 Å². The summed E-state index contributed by atoms with van der Waals surface area (Å²) in [4.78, 5) is 12.2. The molecule has 0 bridgehead atoms. The number of carbonyl (C=O) groups is 1. The van der Waals surface area contributed by atoms with Gasteiger partial charge in [0.15, 0.2) is 20.3 Å². The Kier molecular flexibility index (Phi) is 4.24. The van der Waals surface area contributed by atoms with Gasteiger partial charge in [0.05, 0.1) is 4.90 Å². The van der Waals surface area contributed by atoms with Crippen molar-refractivity contribution < 1.29 is 22.0 Å². The molecule has 3 rings (SSSR count). The van der Waals surface area contributed by atoms with Crippen LogP contribution in [0.2, 0.25) is 0 Å². The lowest BCUT2D eigenvalue weighted by atomic mass is 10.2. The van der Waals surface area contributed by atoms with Crippen molar-refractivity contribution in [2.45, 2.75) is 4.90 Å². The molecule has 0 spiro atoms. The molecule has 2 heterocycles. The Balaban J connectivity index is 1.79. The molecule has 10 heteroatoms. The van der Waals surface area contributed by atoms with Gasteiger partial charge in [-0.25, -0.2) is 8.42 Å². The second-order valence-electron chi connectivity index (χ2n) is 4.77. The number of hydrogen-bond donors (Lipinski definition) is 1. The summed E-state index contributed by atoms with van der Waals surface area (Å²) in [6.07, 6.45) is 1.07. The Morgan fingerprint density at radius 3 is 2.62 bits per heavy atom. The van der Waals surface area contributed by atoms with E-state index in [4.69, 9.17) is 8.83 Å². The average Bonchev–Trinajstić information content (AvgIpc) is 3.15. The topological polar surface area (TPSA) is 115 Å². The molecule has 0 radical (unpaired) electrons. The van der Waals surface area contributed by atoms with E-state index in [2.05, 4.69) is 31.4 Å². The third kappa shape index (κ3) is 3.54. The minimum absolute atomic E-state index is 0.0433. The number of furan rings is 1. The fraction of sp³-hybridized carbons (Fsp3) is 0.0714. The maximum absolute atomic E-state index is 12.2. The fourth-order valence-corrected chi connectivity index (χ4v) is 2.81. The highest BCUT2D eigenvalue weighted by Crippen LogP contribution is 2.25. The maximum atomic E-state index is 12.2. The number of nitrogens with zero attached hydrogens (tertiary/aromatic N) is 2. The van der Waals surface area contributed by atoms with Crippen molar-refractivity contribution in [2.24, 2.45) is 0 Å². The Labute approximate surface area is 144 Å². The van der Waals surface area contributed by atoms with Crippen molar-refractivity contribution in [3.05, 3.63) is 46.6 Å². The number of rotatable bonds is 4. The summed E-state index contributed by atoms with van der Waals surface area (Å²) in [5.74, 6) is -0.133. The Hall–Kier alpha value is -2.46. The molecular weight excluding hydrogens is 402 g/mol. The molecule has 0 fully saturated rings. The van der Waals surface area contributed by atoms with Gasteiger partial charge < -0.3 is 8.83 Å². The minimum Gasteiger partial charge on any atom is -0.444 e. The predicted octanol–water partition coefficient (Wildman–Crippen LogP) is 2.75. The van der Waals surface area contributed by atoms with Crippen LogP contribution in [-0.4, -0.2) is 30.8 Å². The molecule has 2 aromatic heterocycles. The number of anilines is 1. The fourth-order valence-electron chi connectivity index (χ4n) is 1.84. The van der Waals surface area contributed by atoms with Crippen molar-refractivity contribution in [3.63, 3.8) is 0 Å². The van der Waals surface area contributed by atoms with Gasteiger partial charge in [-0.05, 0) is 46.3 Å². The molecule has 124 valence electrons. The zero-order chi connectivity index (χ0) is 17.3. The second kappa shape index (κ2) is 6.21. The molecule has 0 aliphatic heterocycles. The van der Waals surface area contributed by atoms with Gasteiger partial charge in [0.25, 0.3) is 11.8 Å². The van der Waals surface area contributed by atoms with Gasteiger partial charge >= 0.3 is 6.01 Å². The van der Waals surface area contributed by atoms with Crippen LogP contribution in [0.3, 0.4) is 0 Å². The summed E-state index contributed by atoms with van der Waals surface area (Å²) < 4.78 is 34.1. The van der Waals surface area contributed by atoms with Crippen LogP contribution < -0.4 is 5.32 Å². The minimum atomic E-state index is -3.41. The number of sulfone groups is 1. The molecule has 24 heavy (non-hydrogen) atoms. The van der Waals surface area contributed by atoms with E-state index >= 15 is 0 Å². The third-order valence-corrected chi connectivity index (χ3v) is 4.49. The van der Waals surface area contributed by atoms with Crippen molar-refractivity contribution in [2.75, 3.05) is 11.6 Å². The van der Waals surface area contributed by atoms with E-state index < -0.39 is 15.7 Å². The quantitative estimate of drug-likeness (QED) is 0.701. The van der Waals surface area contributed by atoms with E-state index in [1.54, 1.807) is 12.1 Å². The normalized spacial score (nSPS) is 11.4. The zero-order valence-electron chi connectivity index (χ0n) is 12.2. The molecule has 0 saturated heterocycles. The molecule has 0 atom stereocenters. The van der Waals surface area contributed by atoms with Gasteiger partial charge in [0.1, 0.15) is 0 Å². The standard InChI is InChI=1S/C14H10BrN3O5S/c1-24(20,21)9-4-2-3-8(7-9)12(19)16-14-18-17-13(23-14)10-5-6-11(15)22-10/h2-7H,1H3,(H,16,18,19). The van der Waals surface area contributed by atoms with Crippen LogP contribution in [0.5, 0.6) is 0 Å². The predicted molar refractivity (Wildman–Crippen MR) is 87.2 cm³/mol. The molecule has 3 aromatic rings. The Morgan fingerprint density at radius 1 is 1.17 bits per heavy atom. The van der Waals surface area contributed by atoms with Crippen LogP contribution >= 0.6 is 15.9 Å². The number of hydrogen-bond acceptors (Lipinski definition) is 7. The van der Waals surface area contributed by atoms with Gasteiger partial charge in [-0.3, -0.25) is 10.1 Å². The number of aromatic nitrogens is 2. The van der Waals surface area contributed by atoms with Gasteiger partial charge in [0, 0.05) is 11.8 Å². The largest absolute Gasteiger partial charge is 0.444 e. The summed E-state index contributed by atoms with van der Waals surface area (Å²) >= 11 is 3.15. The smallest absolute Gasteiger partial charge is 0.322 e. The van der Waals surface area contributed by atoms with Crippen LogP contribution in [0.25, 0.3) is 11.7 Å². The van der Waals surface area contributed by atoms with Crippen LogP contribution in [0.15, 0.2) is 54.8 Å². The van der Waals surface area contributed by atoms with E-state index in [0.29, 0.717) is 10.4 Å². The van der Waals surface area contributed by atoms with E-state index in [1.807, 2.05) is 0 Å². The molecule has 0 unspecified atom stereocenters. The van der Waals surface area contributed by atoms with Crippen molar-refractivity contribution in [1.29, 1.82) is 0 Å². The number of benzene rings is 1. The van der Waals surface area contributed by atoms with Crippen LogP contribution in [-0.2, 0) is 9.84 Å². The third-order valence-electron chi connectivity index (χ3n) is 2.95. The average molecular weight is 412 g/mol. The molecule has 0 saturated carbocycles. The second-order valence-corrected chi connectivity index (χ2v) is 7.57. The van der Waals surface area contributed by atoms with Crippen LogP contribution in [0, 0.1) is 0 Å². The van der Waals surface area contributed by atoms with Crippen LogP contribution in [0.4, 0.5) is 6.01 Å². The molecule has 1 aromatic carbocycles. The Bertz CT molecular complexity index is 1010. The first-order valence-corrected chi connectivity index (χ1v) is 9.22. The molecule has 1 amide bonds. The number of amides is 1. The first-order valence-electron chi connectivity index (χ1n) is 6.53. The van der Waals surface area contributed by atoms with Gasteiger partial charge in [-0.15, -0.1) is 5.10 Å². The highest BCUT2D eigenvalue weighted by molar-refractivity contribution is 9.10. The van der Waals surface area contributed by atoms with Gasteiger partial charge in [0.2, 0.25) is 0 Å². The highest BCUT2D eigenvalue weighted by atomic mass is 79.9. The SMILES string of the molecule is CS(=O)(=O)c1cccc(C(=O)Nc2nnc(-c3ccc(Br)o3)o2)c1. The van der Waals surface area contributed by atoms with Crippen molar-refractivity contribution >= 4 is 37.7 Å². The number of carbonyl (C=O) groups excluding carboxylic acids is 1. The van der Waals surface area contributed by atoms with Crippen molar-refractivity contribution in [3.8, 4) is 11.7 Å². The van der Waals surface area contributed by atoms with E-state index in [0.717, 1.165) is 6.26 Å². The summed E-state index contributed by atoms with van der Waals surface area (Å²) in [6.45, 7) is 0. The van der Waals surface area contributed by atoms with Gasteiger partial charge in [-0.2, -0.15) is 0 Å². The molecule has 0 aliphatic rings. The summed E-state index contributed by atoms with van der Waals surface area (Å²) in [6, 6.07) is 8.78. The zero-order valence-corrected chi connectivity index (χ0v) is 14.6. The molecule has 8 nitrogen and oxygen atoms in total. The summed E-state index contributed by atoms with van der Waals surface area (Å²) in [7, 11) is -3.41. The summed E-state index contributed by atoms with van der Waals surface area (Å²) in [5.41, 5.74) is 0.151. The summed E-state index contributed by atoms with van der Waals surface area (Å²) in [5, 5.41) is 9.86.